The minimum absolute atomic E-state index is 0.262. The summed E-state index contributed by atoms with van der Waals surface area (Å²) in [6.07, 6.45) is 1.60. The Hall–Kier alpha value is -3.52. The summed E-state index contributed by atoms with van der Waals surface area (Å²) < 4.78 is 12.7. The Labute approximate surface area is 184 Å². The predicted octanol–water partition coefficient (Wildman–Crippen LogP) is 4.35. The zero-order chi connectivity index (χ0) is 22.1. The molecule has 0 atom stereocenters. The molecule has 0 aliphatic heterocycles. The molecule has 1 amide bonds. The molecule has 0 aliphatic rings. The Morgan fingerprint density at radius 2 is 1.94 bits per heavy atom. The van der Waals surface area contributed by atoms with Crippen molar-refractivity contribution in [1.29, 1.82) is 0 Å². The van der Waals surface area contributed by atoms with Crippen LogP contribution in [0, 0.1) is 6.92 Å². The number of methoxy groups -OCH3 is 2. The summed E-state index contributed by atoms with van der Waals surface area (Å²) in [4.78, 5) is 21.9. The van der Waals surface area contributed by atoms with Gasteiger partial charge in [-0.1, -0.05) is 23.7 Å². The summed E-state index contributed by atoms with van der Waals surface area (Å²) in [7, 11) is 3.14. The number of hydrogen-bond acceptors (Lipinski definition) is 6. The monoisotopic (exact) mass is 439 g/mol. The molecule has 2 aromatic carbocycles. The number of fused-ring (bicyclic) bond motifs is 3. The highest BCUT2D eigenvalue weighted by atomic mass is 35.5. The number of anilines is 2. The maximum absolute atomic E-state index is 12.7. The molecule has 0 saturated heterocycles. The Kier molecular flexibility index (Phi) is 5.56. The molecule has 31 heavy (non-hydrogen) atoms. The SMILES string of the molecule is CCNC(=O)c1ncn2c1c(Nc1c(C)cccc1Cl)nc1cc(OC)c(OC)cc12. The Bertz CT molecular complexity index is 1280. The third kappa shape index (κ3) is 3.59. The number of halogens is 1. The van der Waals surface area contributed by atoms with Gasteiger partial charge in [-0.25, -0.2) is 9.97 Å². The van der Waals surface area contributed by atoms with E-state index in [1.165, 1.54) is 0 Å². The summed E-state index contributed by atoms with van der Waals surface area (Å²) in [5.41, 5.74) is 3.80. The number of para-hydroxylation sites is 1. The topological polar surface area (TPSA) is 89.8 Å². The first kappa shape index (κ1) is 20.7. The lowest BCUT2D eigenvalue weighted by atomic mass is 10.2. The maximum Gasteiger partial charge on any atom is 0.272 e. The molecule has 9 heteroatoms. The minimum atomic E-state index is -0.287. The van der Waals surface area contributed by atoms with Crippen LogP contribution in [0.5, 0.6) is 11.5 Å². The number of aromatic nitrogens is 3. The molecule has 0 spiro atoms. The van der Waals surface area contributed by atoms with E-state index in [0.29, 0.717) is 45.6 Å². The molecule has 8 nitrogen and oxygen atoms in total. The molecule has 0 aliphatic carbocycles. The van der Waals surface area contributed by atoms with E-state index in [0.717, 1.165) is 11.1 Å². The van der Waals surface area contributed by atoms with E-state index in [9.17, 15) is 4.79 Å². The number of rotatable bonds is 6. The van der Waals surface area contributed by atoms with Crippen LogP contribution in [0.15, 0.2) is 36.7 Å². The van der Waals surface area contributed by atoms with Gasteiger partial charge in [0.2, 0.25) is 0 Å². The van der Waals surface area contributed by atoms with Gasteiger partial charge in [0.25, 0.3) is 5.91 Å². The number of amides is 1. The summed E-state index contributed by atoms with van der Waals surface area (Å²) in [5.74, 6) is 1.26. The lowest BCUT2D eigenvalue weighted by molar-refractivity contribution is 0.0953. The van der Waals surface area contributed by atoms with Gasteiger partial charge in [0.1, 0.15) is 11.8 Å². The van der Waals surface area contributed by atoms with Gasteiger partial charge in [-0.2, -0.15) is 0 Å². The molecule has 160 valence electrons. The van der Waals surface area contributed by atoms with Gasteiger partial charge >= 0.3 is 0 Å². The van der Waals surface area contributed by atoms with E-state index in [2.05, 4.69) is 15.6 Å². The minimum Gasteiger partial charge on any atom is -0.493 e. The lowest BCUT2D eigenvalue weighted by Gasteiger charge is -2.15. The first-order valence-corrected chi connectivity index (χ1v) is 10.1. The molecule has 4 aromatic rings. The fourth-order valence-corrected chi connectivity index (χ4v) is 3.75. The molecule has 0 radical (unpaired) electrons. The highest BCUT2D eigenvalue weighted by molar-refractivity contribution is 6.33. The number of carbonyl (C=O) groups excluding carboxylic acids is 1. The fraction of sp³-hybridized carbons (Fsp3) is 0.227. The van der Waals surface area contributed by atoms with Gasteiger partial charge < -0.3 is 20.1 Å². The Balaban J connectivity index is 2.03. The summed E-state index contributed by atoms with van der Waals surface area (Å²) in [6, 6.07) is 9.21. The molecule has 2 aromatic heterocycles. The highest BCUT2D eigenvalue weighted by Crippen LogP contribution is 2.36. The third-order valence-corrected chi connectivity index (χ3v) is 5.30. The second-order valence-electron chi connectivity index (χ2n) is 6.88. The highest BCUT2D eigenvalue weighted by Gasteiger charge is 2.21. The van der Waals surface area contributed by atoms with Crippen molar-refractivity contribution in [2.24, 2.45) is 0 Å². The molecular formula is C22H22ClN5O3. The van der Waals surface area contributed by atoms with Crippen LogP contribution < -0.4 is 20.1 Å². The average molecular weight is 440 g/mol. The molecule has 2 N–H and O–H groups in total. The Morgan fingerprint density at radius 1 is 1.19 bits per heavy atom. The fourth-order valence-electron chi connectivity index (χ4n) is 3.48. The van der Waals surface area contributed by atoms with Gasteiger partial charge in [0, 0.05) is 18.7 Å². The standard InChI is InChI=1S/C22H22ClN5O3/c1-5-24-22(29)19-20-21(27-18-12(2)7-6-8-13(18)23)26-14-9-16(30-3)17(31-4)10-15(14)28(20)11-25-19/h6-11H,5H2,1-4H3,(H,24,29)(H,26,27). The van der Waals surface area contributed by atoms with Gasteiger partial charge in [0.15, 0.2) is 23.0 Å². The van der Waals surface area contributed by atoms with Gasteiger partial charge in [-0.15, -0.1) is 0 Å². The quantitative estimate of drug-likeness (QED) is 0.464. The van der Waals surface area contributed by atoms with Crippen LogP contribution in [0.4, 0.5) is 11.5 Å². The molecule has 0 bridgehead atoms. The van der Waals surface area contributed by atoms with E-state index in [1.54, 1.807) is 32.7 Å². The zero-order valence-electron chi connectivity index (χ0n) is 17.6. The van der Waals surface area contributed by atoms with Crippen molar-refractivity contribution in [1.82, 2.24) is 19.7 Å². The van der Waals surface area contributed by atoms with Crippen LogP contribution in [0.3, 0.4) is 0 Å². The van der Waals surface area contributed by atoms with Crippen LogP contribution in [-0.2, 0) is 0 Å². The summed E-state index contributed by atoms with van der Waals surface area (Å²) >= 11 is 6.43. The van der Waals surface area contributed by atoms with Crippen molar-refractivity contribution in [3.63, 3.8) is 0 Å². The van der Waals surface area contributed by atoms with Crippen molar-refractivity contribution in [2.75, 3.05) is 26.1 Å². The number of aryl methyl sites for hydroxylation is 1. The van der Waals surface area contributed by atoms with Gasteiger partial charge in [0.05, 0.1) is 36.0 Å². The van der Waals surface area contributed by atoms with Crippen LogP contribution in [0.2, 0.25) is 5.02 Å². The third-order valence-electron chi connectivity index (χ3n) is 4.98. The molecule has 2 heterocycles. The number of nitrogens with zero attached hydrogens (tertiary/aromatic N) is 3. The molecular weight excluding hydrogens is 418 g/mol. The Morgan fingerprint density at radius 3 is 2.61 bits per heavy atom. The predicted molar refractivity (Wildman–Crippen MR) is 121 cm³/mol. The van der Waals surface area contributed by atoms with E-state index in [4.69, 9.17) is 26.1 Å². The van der Waals surface area contributed by atoms with Crippen molar-refractivity contribution in [3.05, 3.63) is 52.9 Å². The normalized spacial score (nSPS) is 11.0. The van der Waals surface area contributed by atoms with Crippen LogP contribution in [0.25, 0.3) is 16.6 Å². The van der Waals surface area contributed by atoms with E-state index in [1.807, 2.05) is 36.4 Å². The van der Waals surface area contributed by atoms with Crippen molar-refractivity contribution < 1.29 is 14.3 Å². The van der Waals surface area contributed by atoms with E-state index in [-0.39, 0.29) is 11.6 Å². The van der Waals surface area contributed by atoms with Crippen molar-refractivity contribution >= 4 is 45.6 Å². The number of imidazole rings is 1. The number of carbonyl (C=O) groups is 1. The van der Waals surface area contributed by atoms with E-state index < -0.39 is 0 Å². The largest absolute Gasteiger partial charge is 0.493 e. The number of nitrogens with one attached hydrogen (secondary N) is 2. The van der Waals surface area contributed by atoms with Gasteiger partial charge in [-0.3, -0.25) is 9.20 Å². The second-order valence-corrected chi connectivity index (χ2v) is 7.29. The van der Waals surface area contributed by atoms with Crippen LogP contribution >= 0.6 is 11.6 Å². The zero-order valence-corrected chi connectivity index (χ0v) is 18.4. The first-order valence-electron chi connectivity index (χ1n) is 9.71. The maximum atomic E-state index is 12.7. The van der Waals surface area contributed by atoms with Crippen molar-refractivity contribution in [2.45, 2.75) is 13.8 Å². The number of hydrogen-bond donors (Lipinski definition) is 2. The summed E-state index contributed by atoms with van der Waals surface area (Å²) in [5, 5.41) is 6.66. The molecule has 0 fully saturated rings. The molecule has 4 rings (SSSR count). The second kappa shape index (κ2) is 8.31. The van der Waals surface area contributed by atoms with Gasteiger partial charge in [-0.05, 0) is 25.5 Å². The summed E-state index contributed by atoms with van der Waals surface area (Å²) in [6.45, 7) is 4.28. The molecule has 0 unspecified atom stereocenters. The average Bonchev–Trinajstić information content (AvgIpc) is 3.21. The lowest BCUT2D eigenvalue weighted by Crippen LogP contribution is -2.23. The smallest absolute Gasteiger partial charge is 0.272 e. The van der Waals surface area contributed by atoms with E-state index >= 15 is 0 Å². The van der Waals surface area contributed by atoms with Crippen LogP contribution in [-0.4, -0.2) is 41.0 Å². The number of benzene rings is 2. The van der Waals surface area contributed by atoms with Crippen LogP contribution in [0.1, 0.15) is 23.0 Å². The first-order chi connectivity index (χ1) is 15.0. The number of ether oxygens (including phenoxy) is 2. The van der Waals surface area contributed by atoms with Crippen molar-refractivity contribution in [3.8, 4) is 11.5 Å². The molecule has 0 saturated carbocycles.